The Morgan fingerprint density at radius 3 is 2.43 bits per heavy atom. The Morgan fingerprint density at radius 1 is 1.17 bits per heavy atom. The third kappa shape index (κ3) is 5.85. The molecule has 128 valence electrons. The van der Waals surface area contributed by atoms with E-state index >= 15 is 0 Å². The molecule has 1 aliphatic carbocycles. The van der Waals surface area contributed by atoms with Crippen LogP contribution in [-0.4, -0.2) is 29.0 Å². The van der Waals surface area contributed by atoms with Crippen LogP contribution in [0.1, 0.15) is 58.4 Å². The molecule has 1 aromatic carbocycles. The van der Waals surface area contributed by atoms with Crippen molar-refractivity contribution in [2.24, 2.45) is 0 Å². The lowest BCUT2D eigenvalue weighted by Crippen LogP contribution is -2.27. The molecule has 1 aromatic rings. The Labute approximate surface area is 143 Å². The van der Waals surface area contributed by atoms with Gasteiger partial charge in [-0.15, -0.1) is 11.8 Å². The van der Waals surface area contributed by atoms with Crippen molar-refractivity contribution >= 4 is 17.7 Å². The molecule has 0 saturated heterocycles. The summed E-state index contributed by atoms with van der Waals surface area (Å²) in [5, 5.41) is 9.21. The Hall–Kier alpha value is -1.00. The maximum Gasteiger partial charge on any atom is 0.329 e. The van der Waals surface area contributed by atoms with Crippen LogP contribution >= 0.6 is 11.8 Å². The van der Waals surface area contributed by atoms with E-state index < -0.39 is 5.97 Å². The second-order valence-electron chi connectivity index (χ2n) is 7.31. The normalized spacial score (nSPS) is 22.6. The Kier molecular flexibility index (Phi) is 6.54. The summed E-state index contributed by atoms with van der Waals surface area (Å²) in [5.74, 6) is -0.882. The van der Waals surface area contributed by atoms with Gasteiger partial charge < -0.3 is 9.84 Å². The Bertz CT molecular complexity index is 504. The number of hydrogen-bond acceptors (Lipinski definition) is 3. The lowest BCUT2D eigenvalue weighted by molar-refractivity contribution is -0.144. The van der Waals surface area contributed by atoms with Gasteiger partial charge in [0.05, 0.1) is 6.10 Å². The van der Waals surface area contributed by atoms with Crippen molar-refractivity contribution in [3.8, 4) is 0 Å². The van der Waals surface area contributed by atoms with E-state index in [1.165, 1.54) is 23.3 Å². The van der Waals surface area contributed by atoms with E-state index in [1.807, 2.05) is 11.8 Å². The van der Waals surface area contributed by atoms with Crippen molar-refractivity contribution in [2.75, 3.05) is 6.61 Å². The van der Waals surface area contributed by atoms with Gasteiger partial charge in [-0.1, -0.05) is 52.2 Å². The fraction of sp³-hybridized carbons (Fsp3) is 0.632. The van der Waals surface area contributed by atoms with Crippen LogP contribution in [0.5, 0.6) is 0 Å². The molecule has 0 heterocycles. The van der Waals surface area contributed by atoms with Gasteiger partial charge in [-0.05, 0) is 36.0 Å². The van der Waals surface area contributed by atoms with Gasteiger partial charge in [0.1, 0.15) is 6.61 Å². The van der Waals surface area contributed by atoms with Gasteiger partial charge >= 0.3 is 5.97 Å². The van der Waals surface area contributed by atoms with Crippen LogP contribution in [0.25, 0.3) is 0 Å². The second kappa shape index (κ2) is 8.20. The van der Waals surface area contributed by atoms with Crippen LogP contribution in [0.15, 0.2) is 29.2 Å². The van der Waals surface area contributed by atoms with E-state index in [0.717, 1.165) is 19.3 Å². The van der Waals surface area contributed by atoms with Crippen LogP contribution in [0.3, 0.4) is 0 Å². The summed E-state index contributed by atoms with van der Waals surface area (Å²) >= 11 is 1.84. The van der Waals surface area contributed by atoms with Crippen LogP contribution in [0.4, 0.5) is 0 Å². The predicted octanol–water partition coefficient (Wildman–Crippen LogP) is 4.88. The molecule has 1 aliphatic rings. The van der Waals surface area contributed by atoms with Gasteiger partial charge in [0.15, 0.2) is 0 Å². The van der Waals surface area contributed by atoms with E-state index in [-0.39, 0.29) is 18.1 Å². The van der Waals surface area contributed by atoms with E-state index in [2.05, 4.69) is 45.0 Å². The smallest absolute Gasteiger partial charge is 0.329 e. The van der Waals surface area contributed by atoms with Crippen LogP contribution in [-0.2, 0) is 14.9 Å². The molecule has 1 N–H and O–H groups in total. The number of carboxylic acids is 1. The number of benzene rings is 1. The molecule has 0 bridgehead atoms. The number of ether oxygens (including phenoxy) is 1. The van der Waals surface area contributed by atoms with E-state index in [1.54, 1.807) is 0 Å². The standard InChI is InChI=1S/C19H28O3S/c1-19(2,3)14-9-11-15(12-10-14)23-17-8-6-4-5-7-16(17)22-13-18(20)21/h9-12,16-17H,4-8,13H2,1-3H3,(H,20,21)/t16-,17?/m0/s1. The molecule has 1 unspecified atom stereocenters. The van der Waals surface area contributed by atoms with Crippen LogP contribution in [0.2, 0.25) is 0 Å². The number of thioether (sulfide) groups is 1. The van der Waals surface area contributed by atoms with Crippen LogP contribution < -0.4 is 0 Å². The summed E-state index contributed by atoms with van der Waals surface area (Å²) in [5.41, 5.74) is 1.50. The summed E-state index contributed by atoms with van der Waals surface area (Å²) in [6.45, 7) is 6.47. The SMILES string of the molecule is CC(C)(C)c1ccc(SC2CCCCC[C@@H]2OCC(=O)O)cc1. The number of rotatable bonds is 5. The highest BCUT2D eigenvalue weighted by molar-refractivity contribution is 8.00. The molecule has 23 heavy (non-hydrogen) atoms. The first-order valence-corrected chi connectivity index (χ1v) is 9.35. The van der Waals surface area contributed by atoms with Crippen LogP contribution in [0, 0.1) is 0 Å². The monoisotopic (exact) mass is 336 g/mol. The van der Waals surface area contributed by atoms with Crippen molar-refractivity contribution in [3.05, 3.63) is 29.8 Å². The molecule has 4 heteroatoms. The molecular weight excluding hydrogens is 308 g/mol. The lowest BCUT2D eigenvalue weighted by atomic mass is 9.87. The van der Waals surface area contributed by atoms with Gasteiger partial charge in [0.25, 0.3) is 0 Å². The van der Waals surface area contributed by atoms with Gasteiger partial charge in [0, 0.05) is 10.1 Å². The van der Waals surface area contributed by atoms with Gasteiger partial charge in [-0.2, -0.15) is 0 Å². The van der Waals surface area contributed by atoms with E-state index in [0.29, 0.717) is 5.25 Å². The summed E-state index contributed by atoms with van der Waals surface area (Å²) in [6.07, 6.45) is 5.64. The second-order valence-corrected chi connectivity index (χ2v) is 8.62. The Morgan fingerprint density at radius 2 is 1.83 bits per heavy atom. The van der Waals surface area contributed by atoms with Crippen molar-refractivity contribution in [1.82, 2.24) is 0 Å². The minimum atomic E-state index is -0.882. The fourth-order valence-electron chi connectivity index (χ4n) is 2.95. The molecule has 0 aliphatic heterocycles. The Balaban J connectivity index is 2.03. The average molecular weight is 336 g/mol. The average Bonchev–Trinajstić information content (AvgIpc) is 2.70. The summed E-state index contributed by atoms with van der Waals surface area (Å²) in [4.78, 5) is 12.0. The highest BCUT2D eigenvalue weighted by atomic mass is 32.2. The molecule has 1 saturated carbocycles. The van der Waals surface area contributed by atoms with Crippen molar-refractivity contribution in [2.45, 2.75) is 74.5 Å². The summed E-state index contributed by atoms with van der Waals surface area (Å²) in [7, 11) is 0. The van der Waals surface area contributed by atoms with Crippen molar-refractivity contribution in [1.29, 1.82) is 0 Å². The molecule has 3 nitrogen and oxygen atoms in total. The molecule has 0 amide bonds. The summed E-state index contributed by atoms with van der Waals surface area (Å²) in [6, 6.07) is 8.77. The maximum atomic E-state index is 10.8. The zero-order chi connectivity index (χ0) is 16.9. The van der Waals surface area contributed by atoms with E-state index in [9.17, 15) is 4.79 Å². The predicted molar refractivity (Wildman–Crippen MR) is 95.2 cm³/mol. The number of hydrogen-bond donors (Lipinski definition) is 1. The minimum absolute atomic E-state index is 0.0425. The zero-order valence-corrected chi connectivity index (χ0v) is 15.2. The molecule has 0 radical (unpaired) electrons. The molecule has 0 spiro atoms. The molecule has 2 atom stereocenters. The molecule has 0 aromatic heterocycles. The van der Waals surface area contributed by atoms with Crippen molar-refractivity contribution in [3.63, 3.8) is 0 Å². The van der Waals surface area contributed by atoms with Crippen molar-refractivity contribution < 1.29 is 14.6 Å². The van der Waals surface area contributed by atoms with E-state index in [4.69, 9.17) is 9.84 Å². The van der Waals surface area contributed by atoms with Gasteiger partial charge in [-0.25, -0.2) is 4.79 Å². The topological polar surface area (TPSA) is 46.5 Å². The lowest BCUT2D eigenvalue weighted by Gasteiger charge is -2.25. The first kappa shape index (κ1) is 18.3. The zero-order valence-electron chi connectivity index (χ0n) is 14.4. The highest BCUT2D eigenvalue weighted by Crippen LogP contribution is 2.35. The molecule has 2 rings (SSSR count). The fourth-order valence-corrected chi connectivity index (χ4v) is 4.25. The minimum Gasteiger partial charge on any atom is -0.480 e. The number of aliphatic carboxylic acids is 1. The first-order chi connectivity index (χ1) is 10.9. The molecule has 1 fully saturated rings. The quantitative estimate of drug-likeness (QED) is 0.779. The van der Waals surface area contributed by atoms with Gasteiger partial charge in [0.2, 0.25) is 0 Å². The number of carbonyl (C=O) groups is 1. The number of carboxylic acid groups (broad SMARTS) is 1. The highest BCUT2D eigenvalue weighted by Gasteiger charge is 2.26. The van der Waals surface area contributed by atoms with Gasteiger partial charge in [-0.3, -0.25) is 0 Å². The summed E-state index contributed by atoms with van der Waals surface area (Å²) < 4.78 is 5.67. The largest absolute Gasteiger partial charge is 0.480 e. The first-order valence-electron chi connectivity index (χ1n) is 8.47. The third-order valence-corrected chi connectivity index (χ3v) is 5.71. The third-order valence-electron chi connectivity index (χ3n) is 4.32. The maximum absolute atomic E-state index is 10.8. The molecular formula is C19H28O3S.